The summed E-state index contributed by atoms with van der Waals surface area (Å²) in [6.45, 7) is 2.03. The van der Waals surface area contributed by atoms with Crippen LogP contribution in [0.2, 0.25) is 0 Å². The number of imide groups is 1. The van der Waals surface area contributed by atoms with Crippen LogP contribution in [0, 0.1) is 6.92 Å². The smallest absolute Gasteiger partial charge is 0.343 e. The molecule has 0 aliphatic carbocycles. The zero-order valence-electron chi connectivity index (χ0n) is 20.1. The number of benzene rings is 4. The van der Waals surface area contributed by atoms with Gasteiger partial charge in [-0.15, -0.1) is 0 Å². The number of carboxylic acid groups (broad SMARTS) is 1. The number of carbonyl (C=O) groups excluding carboxylic acids is 3. The Morgan fingerprint density at radius 3 is 2.08 bits per heavy atom. The molecule has 0 bridgehead atoms. The molecule has 7 heteroatoms. The number of hydrogen-bond donors (Lipinski definition) is 1. The van der Waals surface area contributed by atoms with Crippen molar-refractivity contribution >= 4 is 34.5 Å². The maximum atomic E-state index is 13.1. The molecule has 0 unspecified atom stereocenters. The van der Waals surface area contributed by atoms with Crippen LogP contribution in [0.5, 0.6) is 5.75 Å². The molecule has 1 aliphatic heterocycles. The fraction of sp³-hybridized carbons (Fsp3) is 0.133. The average Bonchev–Trinajstić information content (AvgIpc) is 2.90. The Morgan fingerprint density at radius 2 is 1.43 bits per heavy atom. The van der Waals surface area contributed by atoms with Gasteiger partial charge in [-0.05, 0) is 54.8 Å². The van der Waals surface area contributed by atoms with Crippen molar-refractivity contribution in [3.8, 4) is 16.9 Å². The fourth-order valence-corrected chi connectivity index (χ4v) is 4.50. The lowest BCUT2D eigenvalue weighted by atomic mass is 9.93. The Balaban J connectivity index is 1.41. The average molecular weight is 494 g/mol. The van der Waals surface area contributed by atoms with E-state index >= 15 is 0 Å². The Hall–Kier alpha value is -4.78. The van der Waals surface area contributed by atoms with Crippen molar-refractivity contribution in [2.45, 2.75) is 19.8 Å². The van der Waals surface area contributed by atoms with Crippen LogP contribution in [-0.2, 0) is 4.79 Å². The highest BCUT2D eigenvalue weighted by Gasteiger charge is 2.33. The zero-order chi connectivity index (χ0) is 26.1. The van der Waals surface area contributed by atoms with Gasteiger partial charge in [0, 0.05) is 34.9 Å². The second-order valence-corrected chi connectivity index (χ2v) is 8.93. The van der Waals surface area contributed by atoms with Crippen LogP contribution in [0.25, 0.3) is 21.9 Å². The monoisotopic (exact) mass is 493 g/mol. The molecule has 1 N–H and O–H groups in total. The van der Waals surface area contributed by atoms with E-state index in [9.17, 15) is 19.2 Å². The van der Waals surface area contributed by atoms with Crippen molar-refractivity contribution in [1.82, 2.24) is 4.90 Å². The van der Waals surface area contributed by atoms with Crippen LogP contribution in [0.1, 0.15) is 49.5 Å². The molecule has 0 radical (unpaired) electrons. The Labute approximate surface area is 212 Å². The molecule has 37 heavy (non-hydrogen) atoms. The van der Waals surface area contributed by atoms with Gasteiger partial charge in [0.2, 0.25) is 0 Å². The highest BCUT2D eigenvalue weighted by Crippen LogP contribution is 2.36. The van der Waals surface area contributed by atoms with E-state index in [2.05, 4.69) is 0 Å². The molecule has 0 saturated heterocycles. The van der Waals surface area contributed by atoms with E-state index in [0.29, 0.717) is 27.5 Å². The van der Waals surface area contributed by atoms with Gasteiger partial charge in [0.25, 0.3) is 11.8 Å². The van der Waals surface area contributed by atoms with Gasteiger partial charge in [-0.3, -0.25) is 19.3 Å². The first kappa shape index (κ1) is 23.9. The quantitative estimate of drug-likeness (QED) is 0.207. The molecule has 0 aromatic heterocycles. The largest absolute Gasteiger partial charge is 0.481 e. The Bertz CT molecular complexity index is 1530. The standard InChI is InChI=1S/C30H23NO6/c1-18-7-9-19(10-8-18)20-11-13-21(14-12-20)30(36)37-25-16-15-24-27-22(25)4-2-5-23(27)28(34)31(29(24)35)17-3-6-26(32)33/h2,4-5,7-16H,3,6,17H2,1H3,(H,32,33). The zero-order valence-corrected chi connectivity index (χ0v) is 20.1. The predicted octanol–water partition coefficient (Wildman–Crippen LogP) is 5.50. The fourth-order valence-electron chi connectivity index (χ4n) is 4.50. The Kier molecular flexibility index (Phi) is 6.27. The second-order valence-electron chi connectivity index (χ2n) is 8.93. The van der Waals surface area contributed by atoms with Crippen molar-refractivity contribution in [3.63, 3.8) is 0 Å². The summed E-state index contributed by atoms with van der Waals surface area (Å²) in [4.78, 5) is 51.0. The van der Waals surface area contributed by atoms with Crippen molar-refractivity contribution < 1.29 is 29.0 Å². The highest BCUT2D eigenvalue weighted by molar-refractivity contribution is 6.26. The number of aliphatic carboxylic acids is 1. The predicted molar refractivity (Wildman–Crippen MR) is 138 cm³/mol. The lowest BCUT2D eigenvalue weighted by molar-refractivity contribution is -0.137. The number of rotatable bonds is 7. The van der Waals surface area contributed by atoms with Gasteiger partial charge in [0.05, 0.1) is 5.56 Å². The van der Waals surface area contributed by atoms with Crippen LogP contribution in [0.3, 0.4) is 0 Å². The van der Waals surface area contributed by atoms with Crippen molar-refractivity contribution in [1.29, 1.82) is 0 Å². The van der Waals surface area contributed by atoms with Crippen LogP contribution >= 0.6 is 0 Å². The molecule has 1 aliphatic rings. The molecular formula is C30H23NO6. The van der Waals surface area contributed by atoms with Gasteiger partial charge in [-0.25, -0.2) is 4.79 Å². The third kappa shape index (κ3) is 4.59. The van der Waals surface area contributed by atoms with Gasteiger partial charge < -0.3 is 9.84 Å². The molecule has 2 amide bonds. The lowest BCUT2D eigenvalue weighted by Gasteiger charge is -2.27. The van der Waals surface area contributed by atoms with E-state index in [1.54, 1.807) is 36.4 Å². The van der Waals surface area contributed by atoms with E-state index in [1.807, 2.05) is 43.3 Å². The number of aryl methyl sites for hydroxylation is 1. The van der Waals surface area contributed by atoms with Crippen molar-refractivity contribution in [3.05, 3.63) is 101 Å². The van der Waals surface area contributed by atoms with E-state index in [4.69, 9.17) is 9.84 Å². The van der Waals surface area contributed by atoms with Gasteiger partial charge in [0.15, 0.2) is 0 Å². The molecule has 4 aromatic rings. The van der Waals surface area contributed by atoms with E-state index < -0.39 is 23.8 Å². The minimum absolute atomic E-state index is 0.00904. The second kappa shape index (κ2) is 9.70. The summed E-state index contributed by atoms with van der Waals surface area (Å²) in [7, 11) is 0. The molecule has 0 fully saturated rings. The number of nitrogens with zero attached hydrogens (tertiary/aromatic N) is 1. The van der Waals surface area contributed by atoms with E-state index in [0.717, 1.165) is 16.0 Å². The first-order chi connectivity index (χ1) is 17.8. The van der Waals surface area contributed by atoms with Crippen molar-refractivity contribution in [2.24, 2.45) is 0 Å². The van der Waals surface area contributed by atoms with E-state index in [-0.39, 0.29) is 25.1 Å². The van der Waals surface area contributed by atoms with Crippen LogP contribution in [-0.4, -0.2) is 40.3 Å². The normalized spacial score (nSPS) is 12.6. The summed E-state index contributed by atoms with van der Waals surface area (Å²) in [5, 5.41) is 9.79. The van der Waals surface area contributed by atoms with Gasteiger partial charge >= 0.3 is 11.9 Å². The number of amides is 2. The third-order valence-electron chi connectivity index (χ3n) is 6.43. The van der Waals surface area contributed by atoms with Gasteiger partial charge in [0.1, 0.15) is 5.75 Å². The number of carbonyl (C=O) groups is 4. The van der Waals surface area contributed by atoms with Crippen LogP contribution in [0.15, 0.2) is 78.9 Å². The number of carboxylic acids is 1. The van der Waals surface area contributed by atoms with Crippen molar-refractivity contribution in [2.75, 3.05) is 6.54 Å². The minimum Gasteiger partial charge on any atom is -0.481 e. The number of hydrogen-bond acceptors (Lipinski definition) is 5. The summed E-state index contributed by atoms with van der Waals surface area (Å²) in [5.74, 6) is -2.30. The molecule has 184 valence electrons. The first-order valence-corrected chi connectivity index (χ1v) is 11.9. The number of esters is 1. The summed E-state index contributed by atoms with van der Waals surface area (Å²) in [6.07, 6.45) is 0.0194. The summed E-state index contributed by atoms with van der Waals surface area (Å²) in [5.41, 5.74) is 4.17. The summed E-state index contributed by atoms with van der Waals surface area (Å²) in [6, 6.07) is 23.3. The molecule has 4 aromatic carbocycles. The summed E-state index contributed by atoms with van der Waals surface area (Å²) >= 11 is 0. The number of ether oxygens (including phenoxy) is 1. The molecule has 0 atom stereocenters. The molecule has 0 saturated carbocycles. The first-order valence-electron chi connectivity index (χ1n) is 11.9. The van der Waals surface area contributed by atoms with Gasteiger partial charge in [-0.1, -0.05) is 54.1 Å². The minimum atomic E-state index is -0.990. The highest BCUT2D eigenvalue weighted by atomic mass is 16.5. The molecule has 7 nitrogen and oxygen atoms in total. The molecule has 5 rings (SSSR count). The topological polar surface area (TPSA) is 101 Å². The SMILES string of the molecule is Cc1ccc(-c2ccc(C(=O)Oc3ccc4c5c(cccc35)C(=O)N(CCCC(=O)O)C4=O)cc2)cc1. The third-order valence-corrected chi connectivity index (χ3v) is 6.43. The maximum absolute atomic E-state index is 13.1. The van der Waals surface area contributed by atoms with Crippen LogP contribution < -0.4 is 4.74 Å². The lowest BCUT2D eigenvalue weighted by Crippen LogP contribution is -2.41. The molecule has 0 spiro atoms. The molecule has 1 heterocycles. The van der Waals surface area contributed by atoms with E-state index in [1.165, 1.54) is 11.6 Å². The summed E-state index contributed by atoms with van der Waals surface area (Å²) < 4.78 is 5.70. The van der Waals surface area contributed by atoms with Gasteiger partial charge in [-0.2, -0.15) is 0 Å². The molecular weight excluding hydrogens is 470 g/mol. The van der Waals surface area contributed by atoms with Crippen LogP contribution in [0.4, 0.5) is 0 Å². The maximum Gasteiger partial charge on any atom is 0.343 e. The Morgan fingerprint density at radius 1 is 0.811 bits per heavy atom.